The number of ketones is 1. The molecule has 1 aliphatic rings. The maximum absolute atomic E-state index is 13.0. The Kier molecular flexibility index (Phi) is 7.03. The van der Waals surface area contributed by atoms with Gasteiger partial charge in [0.2, 0.25) is 10.5 Å². The lowest BCUT2D eigenvalue weighted by atomic mass is 9.97. The minimum Gasteiger partial charge on any atom is -0.485 e. The van der Waals surface area contributed by atoms with Crippen molar-refractivity contribution in [2.75, 3.05) is 6.61 Å². The van der Waals surface area contributed by atoms with E-state index in [1.807, 2.05) is 18.2 Å². The van der Waals surface area contributed by atoms with E-state index in [4.69, 9.17) is 9.47 Å². The van der Waals surface area contributed by atoms with Crippen LogP contribution < -0.4 is 10.1 Å². The Morgan fingerprint density at radius 2 is 1.65 bits per heavy atom. The number of nitrogens with zero attached hydrogens (tertiary/aromatic N) is 1. The Labute approximate surface area is 199 Å². The SMILES string of the molecule is O=C1NC(=O)[C@](Cc2ccc(OCC(=O)c3ccccn3)cc2)(C(=O)OCc2ccccc2)S1. The largest absolute Gasteiger partial charge is 0.485 e. The summed E-state index contributed by atoms with van der Waals surface area (Å²) in [7, 11) is 0. The summed E-state index contributed by atoms with van der Waals surface area (Å²) in [6.45, 7) is -0.195. The number of esters is 1. The number of carbonyl (C=O) groups excluding carboxylic acids is 4. The van der Waals surface area contributed by atoms with Gasteiger partial charge < -0.3 is 9.47 Å². The van der Waals surface area contributed by atoms with E-state index >= 15 is 0 Å². The number of hydrogen-bond donors (Lipinski definition) is 1. The molecule has 1 saturated heterocycles. The molecule has 2 heterocycles. The van der Waals surface area contributed by atoms with Crippen molar-refractivity contribution in [1.29, 1.82) is 0 Å². The van der Waals surface area contributed by atoms with E-state index in [0.717, 1.165) is 5.56 Å². The molecule has 2 aromatic carbocycles. The van der Waals surface area contributed by atoms with Crippen LogP contribution in [0.2, 0.25) is 0 Å². The van der Waals surface area contributed by atoms with Crippen LogP contribution in [0.25, 0.3) is 0 Å². The summed E-state index contributed by atoms with van der Waals surface area (Å²) < 4.78 is 9.20. The lowest BCUT2D eigenvalue weighted by Crippen LogP contribution is -2.46. The fraction of sp³-hybridized carbons (Fsp3) is 0.160. The fourth-order valence-electron chi connectivity index (χ4n) is 3.33. The third-order valence-corrected chi connectivity index (χ3v) is 6.22. The van der Waals surface area contributed by atoms with Gasteiger partial charge in [0.15, 0.2) is 6.61 Å². The Morgan fingerprint density at radius 3 is 2.29 bits per heavy atom. The van der Waals surface area contributed by atoms with Crippen LogP contribution in [0.3, 0.4) is 0 Å². The average Bonchev–Trinajstić information content (AvgIpc) is 3.16. The van der Waals surface area contributed by atoms with Gasteiger partial charge in [0, 0.05) is 12.6 Å². The molecule has 3 aromatic rings. The van der Waals surface area contributed by atoms with Crippen molar-refractivity contribution in [1.82, 2.24) is 10.3 Å². The first-order valence-electron chi connectivity index (χ1n) is 10.4. The van der Waals surface area contributed by atoms with Gasteiger partial charge in [-0.2, -0.15) is 0 Å². The van der Waals surface area contributed by atoms with Gasteiger partial charge in [0.1, 0.15) is 18.1 Å². The van der Waals surface area contributed by atoms with E-state index in [0.29, 0.717) is 28.8 Å². The Bertz CT molecular complexity index is 1200. The summed E-state index contributed by atoms with van der Waals surface area (Å²) in [6.07, 6.45) is 1.49. The minimum atomic E-state index is -1.72. The number of pyridine rings is 1. The molecule has 0 spiro atoms. The first kappa shape index (κ1) is 23.2. The van der Waals surface area contributed by atoms with Crippen molar-refractivity contribution in [3.63, 3.8) is 0 Å². The summed E-state index contributed by atoms with van der Waals surface area (Å²) in [6, 6.07) is 20.7. The molecule has 9 heteroatoms. The summed E-state index contributed by atoms with van der Waals surface area (Å²) in [4.78, 5) is 53.6. The molecule has 4 rings (SSSR count). The quantitative estimate of drug-likeness (QED) is 0.284. The van der Waals surface area contributed by atoms with Crippen LogP contribution in [-0.4, -0.2) is 39.2 Å². The third-order valence-electron chi connectivity index (χ3n) is 5.09. The van der Waals surface area contributed by atoms with Crippen molar-refractivity contribution in [2.45, 2.75) is 17.8 Å². The van der Waals surface area contributed by atoms with Crippen LogP contribution in [0.15, 0.2) is 79.0 Å². The summed E-state index contributed by atoms with van der Waals surface area (Å²) >= 11 is 0.618. The highest BCUT2D eigenvalue weighted by Gasteiger charge is 2.55. The molecule has 0 saturated carbocycles. The van der Waals surface area contributed by atoms with Gasteiger partial charge in [-0.05, 0) is 47.2 Å². The highest BCUT2D eigenvalue weighted by atomic mass is 32.2. The normalized spacial score (nSPS) is 17.2. The number of carbonyl (C=O) groups is 4. The van der Waals surface area contributed by atoms with Gasteiger partial charge in [-0.3, -0.25) is 24.7 Å². The van der Waals surface area contributed by atoms with Crippen LogP contribution in [0, 0.1) is 0 Å². The summed E-state index contributed by atoms with van der Waals surface area (Å²) in [5.74, 6) is -1.32. The standard InChI is InChI=1S/C25H20N2O6S/c28-21(20-8-4-5-13-26-20)16-32-19-11-9-17(10-12-19)14-25(22(29)27-24(31)34-25)23(30)33-15-18-6-2-1-3-7-18/h1-13H,14-16H2,(H,27,29,31)/t25-/m1/s1. The molecule has 1 aliphatic heterocycles. The number of imide groups is 1. The molecule has 0 radical (unpaired) electrons. The minimum absolute atomic E-state index is 0.0134. The van der Waals surface area contributed by atoms with Gasteiger partial charge in [-0.1, -0.05) is 48.5 Å². The van der Waals surface area contributed by atoms with Crippen LogP contribution in [0.1, 0.15) is 21.6 Å². The van der Waals surface area contributed by atoms with Crippen LogP contribution in [-0.2, 0) is 27.4 Å². The van der Waals surface area contributed by atoms with E-state index in [9.17, 15) is 19.2 Å². The Hall–Kier alpha value is -3.98. The molecule has 172 valence electrons. The molecule has 0 unspecified atom stereocenters. The molecular weight excluding hydrogens is 456 g/mol. The number of aromatic nitrogens is 1. The number of benzene rings is 2. The van der Waals surface area contributed by atoms with E-state index in [1.54, 1.807) is 54.6 Å². The number of thioether (sulfide) groups is 1. The lowest BCUT2D eigenvalue weighted by Gasteiger charge is -2.22. The van der Waals surface area contributed by atoms with Crippen LogP contribution in [0.5, 0.6) is 5.75 Å². The molecule has 1 N–H and O–H groups in total. The summed E-state index contributed by atoms with van der Waals surface area (Å²) in [5.41, 5.74) is 1.70. The van der Waals surface area contributed by atoms with Crippen LogP contribution >= 0.6 is 11.8 Å². The third kappa shape index (κ3) is 5.32. The van der Waals surface area contributed by atoms with Crippen molar-refractivity contribution < 1.29 is 28.7 Å². The first-order valence-corrected chi connectivity index (χ1v) is 11.2. The number of amides is 2. The van der Waals surface area contributed by atoms with E-state index in [1.165, 1.54) is 6.20 Å². The molecule has 0 bridgehead atoms. The smallest absolute Gasteiger partial charge is 0.333 e. The highest BCUT2D eigenvalue weighted by molar-refractivity contribution is 8.16. The number of nitrogens with one attached hydrogen (secondary N) is 1. The molecule has 34 heavy (non-hydrogen) atoms. The Morgan fingerprint density at radius 1 is 0.912 bits per heavy atom. The fourth-order valence-corrected chi connectivity index (χ4v) is 4.31. The zero-order valence-corrected chi connectivity index (χ0v) is 18.7. The van der Waals surface area contributed by atoms with E-state index < -0.39 is 21.9 Å². The van der Waals surface area contributed by atoms with Crippen molar-refractivity contribution >= 4 is 34.7 Å². The van der Waals surface area contributed by atoms with Gasteiger partial charge >= 0.3 is 5.97 Å². The van der Waals surface area contributed by atoms with Gasteiger partial charge in [0.05, 0.1) is 0 Å². The van der Waals surface area contributed by atoms with Crippen molar-refractivity contribution in [3.05, 3.63) is 95.8 Å². The molecule has 0 aliphatic carbocycles. The molecular formula is C25H20N2O6S. The zero-order valence-electron chi connectivity index (χ0n) is 17.9. The number of ether oxygens (including phenoxy) is 2. The molecule has 1 atom stereocenters. The second kappa shape index (κ2) is 10.3. The van der Waals surface area contributed by atoms with E-state index in [-0.39, 0.29) is 25.4 Å². The molecule has 1 fully saturated rings. The predicted molar refractivity (Wildman–Crippen MR) is 124 cm³/mol. The monoisotopic (exact) mass is 476 g/mol. The van der Waals surface area contributed by atoms with Crippen LogP contribution in [0.4, 0.5) is 4.79 Å². The first-order chi connectivity index (χ1) is 16.5. The average molecular weight is 477 g/mol. The highest BCUT2D eigenvalue weighted by Crippen LogP contribution is 2.37. The lowest BCUT2D eigenvalue weighted by molar-refractivity contribution is -0.150. The maximum Gasteiger partial charge on any atom is 0.333 e. The predicted octanol–water partition coefficient (Wildman–Crippen LogP) is 3.35. The maximum atomic E-state index is 13.0. The van der Waals surface area contributed by atoms with Gasteiger partial charge in [-0.25, -0.2) is 4.79 Å². The van der Waals surface area contributed by atoms with E-state index in [2.05, 4.69) is 10.3 Å². The number of Topliss-reactive ketones (excluding diaryl/α,β-unsaturated/α-hetero) is 1. The molecule has 1 aromatic heterocycles. The molecule has 8 nitrogen and oxygen atoms in total. The second-order valence-corrected chi connectivity index (χ2v) is 8.75. The van der Waals surface area contributed by atoms with Crippen molar-refractivity contribution in [2.24, 2.45) is 0 Å². The topological polar surface area (TPSA) is 112 Å². The summed E-state index contributed by atoms with van der Waals surface area (Å²) in [5, 5.41) is 1.58. The van der Waals surface area contributed by atoms with Gasteiger partial charge in [0.25, 0.3) is 11.1 Å². The molecule has 2 amide bonds. The number of hydrogen-bond acceptors (Lipinski definition) is 8. The van der Waals surface area contributed by atoms with Gasteiger partial charge in [-0.15, -0.1) is 0 Å². The van der Waals surface area contributed by atoms with Crippen molar-refractivity contribution in [3.8, 4) is 5.75 Å². The Balaban J connectivity index is 1.42. The zero-order chi connectivity index (χ0) is 24.0. The number of rotatable bonds is 9. The second-order valence-electron chi connectivity index (χ2n) is 7.48.